The molecule has 8 heteroatoms. The Morgan fingerprint density at radius 2 is 2.00 bits per heavy atom. The zero-order valence-corrected chi connectivity index (χ0v) is 21.8. The van der Waals surface area contributed by atoms with Crippen molar-refractivity contribution in [1.29, 1.82) is 0 Å². The molecule has 3 atom stereocenters. The maximum absolute atomic E-state index is 13.5. The van der Waals surface area contributed by atoms with E-state index in [1.54, 1.807) is 31.0 Å². The largest absolute Gasteiger partial charge is 0.487 e. The van der Waals surface area contributed by atoms with Crippen LogP contribution in [0.3, 0.4) is 0 Å². The maximum atomic E-state index is 13.5. The van der Waals surface area contributed by atoms with Crippen LogP contribution >= 0.6 is 0 Å². The Balaban J connectivity index is 1.97. The molecule has 34 heavy (non-hydrogen) atoms. The number of aliphatic hydroxyl groups excluding tert-OH is 1. The second kappa shape index (κ2) is 11.1. The number of benzene rings is 1. The van der Waals surface area contributed by atoms with Crippen molar-refractivity contribution >= 4 is 15.9 Å². The molecule has 1 aliphatic carbocycles. The Kier molecular flexibility index (Phi) is 8.66. The fraction of sp³-hybridized carbons (Fsp3) is 0.654. The molecular weight excluding hydrogens is 452 g/mol. The molecule has 1 amide bonds. The lowest BCUT2D eigenvalue weighted by atomic mass is 10.0. The van der Waals surface area contributed by atoms with Crippen LogP contribution in [0.2, 0.25) is 0 Å². The summed E-state index contributed by atoms with van der Waals surface area (Å²) in [5.74, 6) is 7.29. The van der Waals surface area contributed by atoms with Crippen LogP contribution in [-0.2, 0) is 14.8 Å². The molecule has 1 aliphatic heterocycles. The lowest BCUT2D eigenvalue weighted by Gasteiger charge is -2.37. The summed E-state index contributed by atoms with van der Waals surface area (Å²) in [4.78, 5) is 14.4. The van der Waals surface area contributed by atoms with Crippen LogP contribution in [0.15, 0.2) is 23.1 Å². The fourth-order valence-electron chi connectivity index (χ4n) is 3.97. The van der Waals surface area contributed by atoms with Crippen LogP contribution in [0.5, 0.6) is 5.75 Å². The predicted octanol–water partition coefficient (Wildman–Crippen LogP) is 3.11. The first-order valence-corrected chi connectivity index (χ1v) is 13.6. The molecule has 1 heterocycles. The molecule has 188 valence electrons. The van der Waals surface area contributed by atoms with Crippen molar-refractivity contribution < 1.29 is 23.1 Å². The fourth-order valence-corrected chi connectivity index (χ4v) is 5.80. The van der Waals surface area contributed by atoms with Crippen molar-refractivity contribution in [2.24, 2.45) is 17.8 Å². The summed E-state index contributed by atoms with van der Waals surface area (Å²) in [5.41, 5.74) is 0.682. The zero-order chi connectivity index (χ0) is 25.0. The van der Waals surface area contributed by atoms with Gasteiger partial charge in [0, 0.05) is 44.0 Å². The first kappa shape index (κ1) is 26.5. The van der Waals surface area contributed by atoms with Gasteiger partial charge in [0.15, 0.2) is 0 Å². The molecule has 1 saturated carbocycles. The van der Waals surface area contributed by atoms with E-state index in [0.29, 0.717) is 30.4 Å². The molecule has 0 radical (unpaired) electrons. The number of sulfonamides is 1. The number of fused-ring (bicyclic) bond motifs is 1. The molecule has 1 aromatic carbocycles. The van der Waals surface area contributed by atoms with Crippen molar-refractivity contribution in [3.05, 3.63) is 23.8 Å². The van der Waals surface area contributed by atoms with E-state index in [2.05, 4.69) is 25.7 Å². The zero-order valence-electron chi connectivity index (χ0n) is 21.0. The lowest BCUT2D eigenvalue weighted by molar-refractivity contribution is -0.131. The highest BCUT2D eigenvalue weighted by molar-refractivity contribution is 7.89. The van der Waals surface area contributed by atoms with Gasteiger partial charge in [-0.3, -0.25) is 4.79 Å². The number of carbonyl (C=O) groups excluding carboxylic acids is 1. The van der Waals surface area contributed by atoms with Gasteiger partial charge in [0.2, 0.25) is 15.9 Å². The van der Waals surface area contributed by atoms with Crippen LogP contribution < -0.4 is 4.74 Å². The third-order valence-electron chi connectivity index (χ3n) is 6.45. The van der Waals surface area contributed by atoms with Crippen LogP contribution in [0.4, 0.5) is 0 Å². The van der Waals surface area contributed by atoms with E-state index in [1.165, 1.54) is 10.4 Å². The van der Waals surface area contributed by atoms with Gasteiger partial charge < -0.3 is 14.7 Å². The third kappa shape index (κ3) is 6.53. The van der Waals surface area contributed by atoms with Gasteiger partial charge in [0.05, 0.1) is 13.2 Å². The lowest BCUT2D eigenvalue weighted by Crippen LogP contribution is -2.50. The van der Waals surface area contributed by atoms with Crippen molar-refractivity contribution in [2.75, 3.05) is 26.7 Å². The molecule has 7 nitrogen and oxygen atoms in total. The van der Waals surface area contributed by atoms with Crippen LogP contribution in [0.25, 0.3) is 0 Å². The van der Waals surface area contributed by atoms with E-state index in [4.69, 9.17) is 4.74 Å². The highest BCUT2D eigenvalue weighted by Gasteiger charge is 2.38. The van der Waals surface area contributed by atoms with E-state index in [9.17, 15) is 18.3 Å². The van der Waals surface area contributed by atoms with Gasteiger partial charge in [-0.1, -0.05) is 32.6 Å². The van der Waals surface area contributed by atoms with Gasteiger partial charge in [-0.25, -0.2) is 8.42 Å². The molecule has 0 bridgehead atoms. The predicted molar refractivity (Wildman–Crippen MR) is 132 cm³/mol. The number of likely N-dealkylation sites (N-methyl/N-ethyl adjacent to an activating group) is 1. The van der Waals surface area contributed by atoms with Crippen LogP contribution in [0, 0.1) is 29.6 Å². The summed E-state index contributed by atoms with van der Waals surface area (Å²) in [7, 11) is -2.12. The average Bonchev–Trinajstić information content (AvgIpc) is 3.59. The summed E-state index contributed by atoms with van der Waals surface area (Å²) in [5, 5.41) is 9.77. The van der Waals surface area contributed by atoms with E-state index >= 15 is 0 Å². The number of nitrogens with zero attached hydrogens (tertiary/aromatic N) is 2. The number of rotatable bonds is 7. The van der Waals surface area contributed by atoms with Crippen LogP contribution in [-0.4, -0.2) is 67.5 Å². The first-order chi connectivity index (χ1) is 16.0. The van der Waals surface area contributed by atoms with Crippen molar-refractivity contribution in [3.8, 4) is 17.6 Å². The van der Waals surface area contributed by atoms with Gasteiger partial charge in [-0.2, -0.15) is 4.31 Å². The Hall–Kier alpha value is -2.08. The number of amides is 1. The number of ether oxygens (including phenoxy) is 1. The van der Waals surface area contributed by atoms with E-state index in [0.717, 1.165) is 19.3 Å². The number of hydrogen-bond acceptors (Lipinski definition) is 5. The van der Waals surface area contributed by atoms with Crippen molar-refractivity contribution in [1.82, 2.24) is 9.21 Å². The third-order valence-corrected chi connectivity index (χ3v) is 8.47. The Morgan fingerprint density at radius 1 is 1.29 bits per heavy atom. The maximum Gasteiger partial charge on any atom is 0.247 e. The smallest absolute Gasteiger partial charge is 0.247 e. The molecule has 0 saturated heterocycles. The van der Waals surface area contributed by atoms with Crippen LogP contribution in [0.1, 0.15) is 58.9 Å². The summed E-state index contributed by atoms with van der Waals surface area (Å²) in [6, 6.07) is 4.33. The van der Waals surface area contributed by atoms with Gasteiger partial charge >= 0.3 is 0 Å². The van der Waals surface area contributed by atoms with E-state index in [1.807, 2.05) is 6.92 Å². The summed E-state index contributed by atoms with van der Waals surface area (Å²) in [6.45, 7) is 8.06. The first-order valence-electron chi connectivity index (χ1n) is 12.2. The Labute approximate surface area is 204 Å². The second-order valence-corrected chi connectivity index (χ2v) is 12.1. The minimum atomic E-state index is -3.89. The number of hydrogen-bond donors (Lipinski definition) is 1. The molecule has 1 aromatic rings. The highest BCUT2D eigenvalue weighted by atomic mass is 32.2. The monoisotopic (exact) mass is 490 g/mol. The standard InChI is InChI=1S/C26H38N2O5S/c1-18(2)7-6-8-21-11-12-25-23(13-21)33-24(16-27(5)26(30)14-22-9-10-22)19(3)15-28(20(4)17-29)34(25,31)32/h11-13,18-20,22,24,29H,7,9-10,14-17H2,1-5H3/t19-,20-,24+/m1/s1. The summed E-state index contributed by atoms with van der Waals surface area (Å²) in [6.07, 6.45) is 3.10. The second-order valence-electron chi connectivity index (χ2n) is 10.2. The number of carbonyl (C=O) groups is 1. The summed E-state index contributed by atoms with van der Waals surface area (Å²) < 4.78 is 34.7. The van der Waals surface area contributed by atoms with E-state index < -0.39 is 22.2 Å². The number of aliphatic hydroxyl groups is 1. The van der Waals surface area contributed by atoms with Gasteiger partial charge in [0.1, 0.15) is 16.7 Å². The highest BCUT2D eigenvalue weighted by Crippen LogP contribution is 2.35. The normalized spacial score (nSPS) is 23.0. The quantitative estimate of drug-likeness (QED) is 0.594. The molecule has 1 N–H and O–H groups in total. The average molecular weight is 491 g/mol. The van der Waals surface area contributed by atoms with E-state index in [-0.39, 0.29) is 35.6 Å². The molecule has 0 spiro atoms. The topological polar surface area (TPSA) is 87.2 Å². The van der Waals surface area contributed by atoms with Gasteiger partial charge in [-0.15, -0.1) is 0 Å². The molecule has 2 aliphatic rings. The summed E-state index contributed by atoms with van der Waals surface area (Å²) >= 11 is 0. The van der Waals surface area contributed by atoms with Gasteiger partial charge in [-0.05, 0) is 49.8 Å². The Morgan fingerprint density at radius 3 is 2.62 bits per heavy atom. The molecule has 1 fully saturated rings. The van der Waals surface area contributed by atoms with Gasteiger partial charge in [0.25, 0.3) is 0 Å². The SMILES string of the molecule is CC(C)CC#Cc1ccc2c(c1)O[C@@H](CN(C)C(=O)CC1CC1)[C@H](C)CN([C@H](C)CO)S2(=O)=O. The minimum absolute atomic E-state index is 0.0612. The molecule has 0 unspecified atom stereocenters. The van der Waals surface area contributed by atoms with Crippen molar-refractivity contribution in [3.63, 3.8) is 0 Å². The van der Waals surface area contributed by atoms with Crippen molar-refractivity contribution in [2.45, 2.75) is 70.4 Å². The Bertz CT molecular complexity index is 1040. The molecule has 3 rings (SSSR count). The minimum Gasteiger partial charge on any atom is -0.487 e. The molecular formula is C26H38N2O5S. The molecule has 0 aromatic heterocycles.